The monoisotopic (exact) mass is 407 g/mol. The Morgan fingerprint density at radius 3 is 2.48 bits per heavy atom. The molecule has 0 unspecified atom stereocenters. The molecule has 0 radical (unpaired) electrons. The van der Waals surface area contributed by atoms with Gasteiger partial charge in [-0.1, -0.05) is 53.2 Å². The summed E-state index contributed by atoms with van der Waals surface area (Å²) < 4.78 is 19.5. The molecule has 1 N–H and O–H groups in total. The van der Waals surface area contributed by atoms with E-state index in [1.807, 2.05) is 37.3 Å². The number of amides is 1. The third-order valence-electron chi connectivity index (χ3n) is 3.71. The van der Waals surface area contributed by atoms with Gasteiger partial charge in [0.1, 0.15) is 5.82 Å². The van der Waals surface area contributed by atoms with Gasteiger partial charge in [-0.3, -0.25) is 9.59 Å². The summed E-state index contributed by atoms with van der Waals surface area (Å²) in [7, 11) is 0. The summed E-state index contributed by atoms with van der Waals surface area (Å²) in [5.74, 6) is -1.65. The van der Waals surface area contributed by atoms with Gasteiger partial charge in [0.15, 0.2) is 6.10 Å². The Morgan fingerprint density at radius 2 is 1.84 bits per heavy atom. The van der Waals surface area contributed by atoms with Crippen molar-refractivity contribution in [3.8, 4) is 0 Å². The Hall–Kier alpha value is -2.21. The summed E-state index contributed by atoms with van der Waals surface area (Å²) in [4.78, 5) is 24.1. The normalized spacial score (nSPS) is 13.0. The highest BCUT2D eigenvalue weighted by atomic mass is 79.9. The van der Waals surface area contributed by atoms with Gasteiger partial charge in [0.25, 0.3) is 5.91 Å². The van der Waals surface area contributed by atoms with E-state index in [0.29, 0.717) is 4.47 Å². The number of carbonyl (C=O) groups excluding carboxylic acids is 2. The van der Waals surface area contributed by atoms with E-state index in [2.05, 4.69) is 21.2 Å². The van der Waals surface area contributed by atoms with Crippen LogP contribution in [0, 0.1) is 5.82 Å². The molecule has 0 saturated carbocycles. The van der Waals surface area contributed by atoms with Gasteiger partial charge in [0.2, 0.25) is 0 Å². The first-order valence-corrected chi connectivity index (χ1v) is 8.66. The highest BCUT2D eigenvalue weighted by Crippen LogP contribution is 2.21. The molecule has 4 nitrogen and oxygen atoms in total. The first kappa shape index (κ1) is 19.1. The highest BCUT2D eigenvalue weighted by Gasteiger charge is 2.21. The SMILES string of the molecule is C[C@H](OC(=O)C[C@@H](C)c1ccccc1)C(=O)Nc1ccc(Br)cc1F. The van der Waals surface area contributed by atoms with Gasteiger partial charge in [-0.05, 0) is 36.6 Å². The minimum absolute atomic E-state index is 0.0205. The van der Waals surface area contributed by atoms with Crippen molar-refractivity contribution in [2.24, 2.45) is 0 Å². The van der Waals surface area contributed by atoms with Crippen LogP contribution >= 0.6 is 15.9 Å². The molecule has 0 aliphatic rings. The standard InChI is InChI=1S/C19H19BrFNO3/c1-12(14-6-4-3-5-7-14)10-18(23)25-13(2)19(24)22-17-9-8-15(20)11-16(17)21/h3-9,11-13H,10H2,1-2H3,(H,22,24)/t12-,13+/m1/s1. The van der Waals surface area contributed by atoms with Crippen molar-refractivity contribution in [3.05, 3.63) is 64.4 Å². The third-order valence-corrected chi connectivity index (χ3v) is 4.20. The number of benzene rings is 2. The van der Waals surface area contributed by atoms with Crippen LogP contribution in [-0.4, -0.2) is 18.0 Å². The molecule has 0 fully saturated rings. The van der Waals surface area contributed by atoms with Crippen molar-refractivity contribution in [3.63, 3.8) is 0 Å². The van der Waals surface area contributed by atoms with Crippen LogP contribution in [-0.2, 0) is 14.3 Å². The zero-order valence-corrected chi connectivity index (χ0v) is 15.5. The average molecular weight is 408 g/mol. The van der Waals surface area contributed by atoms with Crippen molar-refractivity contribution >= 4 is 33.5 Å². The quantitative estimate of drug-likeness (QED) is 0.708. The van der Waals surface area contributed by atoms with Gasteiger partial charge in [-0.2, -0.15) is 0 Å². The lowest BCUT2D eigenvalue weighted by atomic mass is 9.98. The summed E-state index contributed by atoms with van der Waals surface area (Å²) in [6.07, 6.45) is -0.854. The van der Waals surface area contributed by atoms with Crippen LogP contribution in [0.25, 0.3) is 0 Å². The molecule has 0 aromatic heterocycles. The number of hydrogen-bond donors (Lipinski definition) is 1. The molecule has 2 aromatic carbocycles. The van der Waals surface area contributed by atoms with Crippen LogP contribution in [0.2, 0.25) is 0 Å². The molecule has 0 heterocycles. The predicted octanol–water partition coefficient (Wildman–Crippen LogP) is 4.65. The molecule has 25 heavy (non-hydrogen) atoms. The number of nitrogens with one attached hydrogen (secondary N) is 1. The van der Waals surface area contributed by atoms with E-state index in [1.165, 1.54) is 19.1 Å². The molecule has 2 rings (SSSR count). The summed E-state index contributed by atoms with van der Waals surface area (Å²) in [5, 5.41) is 2.42. The Bertz CT molecular complexity index is 752. The van der Waals surface area contributed by atoms with E-state index in [4.69, 9.17) is 4.74 Å². The van der Waals surface area contributed by atoms with E-state index < -0.39 is 23.8 Å². The van der Waals surface area contributed by atoms with Gasteiger partial charge >= 0.3 is 5.97 Å². The van der Waals surface area contributed by atoms with E-state index in [1.54, 1.807) is 6.07 Å². The maximum Gasteiger partial charge on any atom is 0.307 e. The van der Waals surface area contributed by atoms with E-state index in [-0.39, 0.29) is 18.0 Å². The van der Waals surface area contributed by atoms with Crippen LogP contribution in [0.5, 0.6) is 0 Å². The number of rotatable bonds is 6. The summed E-state index contributed by atoms with van der Waals surface area (Å²) in [5.41, 5.74) is 1.06. The van der Waals surface area contributed by atoms with E-state index in [9.17, 15) is 14.0 Å². The second-order valence-electron chi connectivity index (χ2n) is 5.76. The van der Waals surface area contributed by atoms with Crippen molar-refractivity contribution in [1.82, 2.24) is 0 Å². The molecule has 0 bridgehead atoms. The number of esters is 1. The first-order chi connectivity index (χ1) is 11.9. The minimum Gasteiger partial charge on any atom is -0.453 e. The number of anilines is 1. The number of carbonyl (C=O) groups is 2. The van der Waals surface area contributed by atoms with Gasteiger partial charge in [-0.15, -0.1) is 0 Å². The molecule has 2 aromatic rings. The van der Waals surface area contributed by atoms with E-state index >= 15 is 0 Å². The second-order valence-corrected chi connectivity index (χ2v) is 6.68. The zero-order chi connectivity index (χ0) is 18.4. The number of ether oxygens (including phenoxy) is 1. The molecule has 0 aliphatic heterocycles. The van der Waals surface area contributed by atoms with Crippen molar-refractivity contribution in [2.75, 3.05) is 5.32 Å². The molecule has 0 aliphatic carbocycles. The molecule has 1 amide bonds. The average Bonchev–Trinajstić information content (AvgIpc) is 2.57. The predicted molar refractivity (Wildman–Crippen MR) is 97.8 cm³/mol. The molecule has 2 atom stereocenters. The zero-order valence-electron chi connectivity index (χ0n) is 14.0. The smallest absolute Gasteiger partial charge is 0.307 e. The lowest BCUT2D eigenvalue weighted by Crippen LogP contribution is -2.30. The highest BCUT2D eigenvalue weighted by molar-refractivity contribution is 9.10. The summed E-state index contributed by atoms with van der Waals surface area (Å²) in [6.45, 7) is 3.37. The topological polar surface area (TPSA) is 55.4 Å². The maximum atomic E-state index is 13.7. The fourth-order valence-electron chi connectivity index (χ4n) is 2.27. The largest absolute Gasteiger partial charge is 0.453 e. The first-order valence-electron chi connectivity index (χ1n) is 7.87. The molecule has 0 spiro atoms. The minimum atomic E-state index is -1.02. The fourth-order valence-corrected chi connectivity index (χ4v) is 2.61. The molecule has 132 valence electrons. The Kier molecular flexibility index (Phi) is 6.70. The number of hydrogen-bond acceptors (Lipinski definition) is 3. The van der Waals surface area contributed by atoms with Gasteiger partial charge < -0.3 is 10.1 Å². The lowest BCUT2D eigenvalue weighted by molar-refractivity contribution is -0.153. The van der Waals surface area contributed by atoms with Crippen LogP contribution in [0.3, 0.4) is 0 Å². The van der Waals surface area contributed by atoms with Gasteiger partial charge in [-0.25, -0.2) is 4.39 Å². The van der Waals surface area contributed by atoms with Gasteiger partial charge in [0, 0.05) is 4.47 Å². The van der Waals surface area contributed by atoms with Crippen LogP contribution < -0.4 is 5.32 Å². The van der Waals surface area contributed by atoms with Crippen LogP contribution in [0.1, 0.15) is 31.7 Å². The van der Waals surface area contributed by atoms with Crippen molar-refractivity contribution in [2.45, 2.75) is 32.3 Å². The van der Waals surface area contributed by atoms with Crippen LogP contribution in [0.15, 0.2) is 53.0 Å². The van der Waals surface area contributed by atoms with Crippen LogP contribution in [0.4, 0.5) is 10.1 Å². The fraction of sp³-hybridized carbons (Fsp3) is 0.263. The lowest BCUT2D eigenvalue weighted by Gasteiger charge is -2.16. The Balaban J connectivity index is 1.88. The molecular weight excluding hydrogens is 389 g/mol. The molecule has 0 saturated heterocycles. The summed E-state index contributed by atoms with van der Waals surface area (Å²) in [6, 6.07) is 13.9. The molecule has 6 heteroatoms. The molecular formula is C19H19BrFNO3. The third kappa shape index (κ3) is 5.67. The Labute approximate surface area is 154 Å². The second kappa shape index (κ2) is 8.76. The van der Waals surface area contributed by atoms with Crippen molar-refractivity contribution in [1.29, 1.82) is 0 Å². The Morgan fingerprint density at radius 1 is 1.16 bits per heavy atom. The van der Waals surface area contributed by atoms with Crippen molar-refractivity contribution < 1.29 is 18.7 Å². The maximum absolute atomic E-state index is 13.7. The summed E-state index contributed by atoms with van der Waals surface area (Å²) >= 11 is 3.14. The number of halogens is 2. The van der Waals surface area contributed by atoms with E-state index in [0.717, 1.165) is 5.56 Å². The van der Waals surface area contributed by atoms with Gasteiger partial charge in [0.05, 0.1) is 12.1 Å².